The molecule has 1 aliphatic heterocycles. The molecule has 1 atom stereocenters. The van der Waals surface area contributed by atoms with Crippen LogP contribution in [0.15, 0.2) is 42.5 Å². The van der Waals surface area contributed by atoms with Gasteiger partial charge in [0.05, 0.1) is 11.4 Å². The Morgan fingerprint density at radius 2 is 1.72 bits per heavy atom. The summed E-state index contributed by atoms with van der Waals surface area (Å²) in [5.74, 6) is -0.729. The van der Waals surface area contributed by atoms with Gasteiger partial charge in [0.15, 0.2) is 11.5 Å². The first-order valence-corrected chi connectivity index (χ1v) is 13.4. The predicted octanol–water partition coefficient (Wildman–Crippen LogP) is 3.04. The number of halogens is 1. The van der Waals surface area contributed by atoms with E-state index in [0.717, 1.165) is 4.31 Å². The summed E-state index contributed by atoms with van der Waals surface area (Å²) in [5, 5.41) is 2.82. The Morgan fingerprint density at radius 1 is 1.06 bits per heavy atom. The normalized spacial score (nSPS) is 13.4. The molecule has 0 bridgehead atoms. The standard InChI is InChI=1S/C25H32FN3O6S/c1-5-21(25(31)27-17(3)4)28(14-18-7-9-19(26)10-8-18)24(30)15-29(36(32,33)6-2)20-11-12-22-23(13-20)35-16-34-22/h7-13,17,21H,5-6,14-16H2,1-4H3,(H,27,31)/t21-/m0/s1. The van der Waals surface area contributed by atoms with Gasteiger partial charge in [0, 0.05) is 18.7 Å². The lowest BCUT2D eigenvalue weighted by Gasteiger charge is -2.33. The number of nitrogens with zero attached hydrogens (tertiary/aromatic N) is 2. The lowest BCUT2D eigenvalue weighted by molar-refractivity contribution is -0.140. The SMILES string of the molecule is CC[C@@H](C(=O)NC(C)C)N(Cc1ccc(F)cc1)C(=O)CN(c1ccc2c(c1)OCO2)S(=O)(=O)CC. The van der Waals surface area contributed by atoms with Gasteiger partial charge >= 0.3 is 0 Å². The fourth-order valence-electron chi connectivity index (χ4n) is 3.85. The molecule has 2 aromatic carbocycles. The van der Waals surface area contributed by atoms with Crippen molar-refractivity contribution in [3.05, 3.63) is 53.8 Å². The zero-order valence-electron chi connectivity index (χ0n) is 20.9. The zero-order chi connectivity index (χ0) is 26.5. The van der Waals surface area contributed by atoms with Crippen LogP contribution in [-0.4, -0.2) is 56.3 Å². The summed E-state index contributed by atoms with van der Waals surface area (Å²) < 4.78 is 51.2. The van der Waals surface area contributed by atoms with Gasteiger partial charge in [0.2, 0.25) is 28.6 Å². The highest BCUT2D eigenvalue weighted by molar-refractivity contribution is 7.92. The van der Waals surface area contributed by atoms with Crippen LogP contribution in [-0.2, 0) is 26.2 Å². The second-order valence-corrected chi connectivity index (χ2v) is 10.9. The number of fused-ring (bicyclic) bond motifs is 1. The molecule has 3 rings (SSSR count). The summed E-state index contributed by atoms with van der Waals surface area (Å²) in [5.41, 5.74) is 0.851. The fourth-order valence-corrected chi connectivity index (χ4v) is 4.90. The molecule has 11 heteroatoms. The van der Waals surface area contributed by atoms with Crippen LogP contribution >= 0.6 is 0 Å². The second kappa shape index (κ2) is 11.6. The van der Waals surface area contributed by atoms with Crippen LogP contribution in [0.1, 0.15) is 39.7 Å². The van der Waals surface area contributed by atoms with Gasteiger partial charge in [-0.2, -0.15) is 0 Å². The van der Waals surface area contributed by atoms with Gasteiger partial charge in [0.25, 0.3) is 0 Å². The van der Waals surface area contributed by atoms with E-state index in [-0.39, 0.29) is 36.7 Å². The Balaban J connectivity index is 1.97. The molecule has 1 heterocycles. The van der Waals surface area contributed by atoms with Gasteiger partial charge in [-0.15, -0.1) is 0 Å². The van der Waals surface area contributed by atoms with Gasteiger partial charge in [-0.25, -0.2) is 12.8 Å². The molecule has 0 fully saturated rings. The number of carbonyl (C=O) groups excluding carboxylic acids is 2. The summed E-state index contributed by atoms with van der Waals surface area (Å²) in [6.07, 6.45) is 0.302. The van der Waals surface area contributed by atoms with Gasteiger partial charge in [-0.1, -0.05) is 19.1 Å². The van der Waals surface area contributed by atoms with E-state index in [1.54, 1.807) is 19.1 Å². The Bertz CT molecular complexity index is 1190. The van der Waals surface area contributed by atoms with Gasteiger partial charge < -0.3 is 19.7 Å². The average Bonchev–Trinajstić information content (AvgIpc) is 3.31. The van der Waals surface area contributed by atoms with E-state index in [4.69, 9.17) is 9.47 Å². The summed E-state index contributed by atoms with van der Waals surface area (Å²) in [4.78, 5) is 28.0. The molecule has 0 radical (unpaired) electrons. The highest BCUT2D eigenvalue weighted by Gasteiger charge is 2.33. The monoisotopic (exact) mass is 521 g/mol. The zero-order valence-corrected chi connectivity index (χ0v) is 21.7. The van der Waals surface area contributed by atoms with Crippen LogP contribution in [0.4, 0.5) is 10.1 Å². The molecule has 0 saturated heterocycles. The third-order valence-electron chi connectivity index (χ3n) is 5.71. The minimum Gasteiger partial charge on any atom is -0.454 e. The number of anilines is 1. The smallest absolute Gasteiger partial charge is 0.244 e. The molecule has 0 unspecified atom stereocenters. The lowest BCUT2D eigenvalue weighted by Crippen LogP contribution is -2.53. The number of nitrogens with one attached hydrogen (secondary N) is 1. The minimum atomic E-state index is -3.87. The molecule has 0 aliphatic carbocycles. The lowest BCUT2D eigenvalue weighted by atomic mass is 10.1. The van der Waals surface area contributed by atoms with Gasteiger partial charge in [0.1, 0.15) is 18.4 Å². The largest absolute Gasteiger partial charge is 0.454 e. The number of ether oxygens (including phenoxy) is 2. The molecule has 1 N–H and O–H groups in total. The van der Waals surface area contributed by atoms with E-state index in [1.165, 1.54) is 42.2 Å². The number of sulfonamides is 1. The second-order valence-electron chi connectivity index (χ2n) is 8.68. The highest BCUT2D eigenvalue weighted by Crippen LogP contribution is 2.36. The third kappa shape index (κ3) is 6.45. The van der Waals surface area contributed by atoms with Crippen molar-refractivity contribution < 1.29 is 31.9 Å². The molecule has 0 spiro atoms. The van der Waals surface area contributed by atoms with Crippen LogP contribution < -0.4 is 19.1 Å². The Hall–Kier alpha value is -3.34. The highest BCUT2D eigenvalue weighted by atomic mass is 32.2. The molecule has 2 amide bonds. The maximum atomic E-state index is 13.7. The van der Waals surface area contributed by atoms with Gasteiger partial charge in [-0.3, -0.25) is 13.9 Å². The van der Waals surface area contributed by atoms with Crippen molar-refractivity contribution in [2.24, 2.45) is 0 Å². The predicted molar refractivity (Wildman–Crippen MR) is 134 cm³/mol. The van der Waals surface area contributed by atoms with E-state index in [0.29, 0.717) is 23.5 Å². The van der Waals surface area contributed by atoms with Gasteiger partial charge in [-0.05, 0) is 57.0 Å². The Labute approximate surface area is 211 Å². The molecule has 0 aromatic heterocycles. The Morgan fingerprint density at radius 3 is 2.33 bits per heavy atom. The van der Waals surface area contributed by atoms with Crippen LogP contribution in [0.3, 0.4) is 0 Å². The number of amides is 2. The number of hydrogen-bond acceptors (Lipinski definition) is 6. The summed E-state index contributed by atoms with van der Waals surface area (Å²) >= 11 is 0. The van der Waals surface area contributed by atoms with Crippen molar-refractivity contribution in [2.45, 2.75) is 52.7 Å². The fraction of sp³-hybridized carbons (Fsp3) is 0.440. The Kier molecular flexibility index (Phi) is 8.78. The molecule has 36 heavy (non-hydrogen) atoms. The molecule has 9 nitrogen and oxygen atoms in total. The maximum Gasteiger partial charge on any atom is 0.244 e. The topological polar surface area (TPSA) is 105 Å². The molecular formula is C25H32FN3O6S. The quantitative estimate of drug-likeness (QED) is 0.487. The molecule has 196 valence electrons. The summed E-state index contributed by atoms with van der Waals surface area (Å²) in [6.45, 7) is 6.38. The summed E-state index contributed by atoms with van der Waals surface area (Å²) in [6, 6.07) is 9.23. The first kappa shape index (κ1) is 27.3. The van der Waals surface area contributed by atoms with E-state index < -0.39 is 34.3 Å². The molecule has 1 aliphatic rings. The third-order valence-corrected chi connectivity index (χ3v) is 7.45. The van der Waals surface area contributed by atoms with Crippen LogP contribution in [0.5, 0.6) is 11.5 Å². The van der Waals surface area contributed by atoms with Crippen molar-refractivity contribution in [3.63, 3.8) is 0 Å². The molecular weight excluding hydrogens is 489 g/mol. The van der Waals surface area contributed by atoms with Crippen molar-refractivity contribution in [1.29, 1.82) is 0 Å². The first-order chi connectivity index (χ1) is 17.1. The van der Waals surface area contributed by atoms with E-state index in [2.05, 4.69) is 5.32 Å². The van der Waals surface area contributed by atoms with Crippen molar-refractivity contribution in [2.75, 3.05) is 23.4 Å². The average molecular weight is 522 g/mol. The first-order valence-electron chi connectivity index (χ1n) is 11.8. The summed E-state index contributed by atoms with van der Waals surface area (Å²) in [7, 11) is -3.87. The van der Waals surface area contributed by atoms with Crippen molar-refractivity contribution >= 4 is 27.5 Å². The van der Waals surface area contributed by atoms with Crippen molar-refractivity contribution in [3.8, 4) is 11.5 Å². The van der Waals surface area contributed by atoms with Crippen LogP contribution in [0.25, 0.3) is 0 Å². The number of hydrogen-bond donors (Lipinski definition) is 1. The maximum absolute atomic E-state index is 13.7. The van der Waals surface area contributed by atoms with Crippen molar-refractivity contribution in [1.82, 2.24) is 10.2 Å². The number of benzene rings is 2. The van der Waals surface area contributed by atoms with Crippen LogP contribution in [0.2, 0.25) is 0 Å². The molecule has 0 saturated carbocycles. The number of rotatable bonds is 11. The van der Waals surface area contributed by atoms with E-state index in [1.807, 2.05) is 13.8 Å². The van der Waals surface area contributed by atoms with E-state index >= 15 is 0 Å². The van der Waals surface area contributed by atoms with E-state index in [9.17, 15) is 22.4 Å². The van der Waals surface area contributed by atoms with Crippen LogP contribution in [0, 0.1) is 5.82 Å². The number of carbonyl (C=O) groups is 2. The molecule has 2 aromatic rings. The minimum absolute atomic E-state index is 0.00425.